The van der Waals surface area contributed by atoms with Crippen molar-refractivity contribution in [3.05, 3.63) is 30.3 Å². The third-order valence-electron chi connectivity index (χ3n) is 2.34. The molecule has 20 heavy (non-hydrogen) atoms. The first-order chi connectivity index (χ1) is 9.59. The molecule has 0 fully saturated rings. The van der Waals surface area contributed by atoms with Crippen molar-refractivity contribution in [3.63, 3.8) is 0 Å². The second-order valence-electron chi connectivity index (χ2n) is 3.91. The number of alkyl halides is 4. The largest absolute Gasteiger partial charge is 0.320 e. The standard InChI is InChI=1S/C12H15Cl4O2PS/c13-6-10(7-14)17-19(20,18-11(8-15)9-16)12-4-2-1-3-5-12/h1-5,10-11H,6-9H2. The van der Waals surface area contributed by atoms with E-state index in [2.05, 4.69) is 0 Å². The average Bonchev–Trinajstić information content (AvgIpc) is 2.51. The molecule has 0 spiro atoms. The predicted octanol–water partition coefficient (Wildman–Crippen LogP) is 4.35. The molecule has 0 N–H and O–H groups in total. The fraction of sp³-hybridized carbons (Fsp3) is 0.500. The Morgan fingerprint density at radius 1 is 0.850 bits per heavy atom. The maximum Gasteiger partial charge on any atom is 0.220 e. The summed E-state index contributed by atoms with van der Waals surface area (Å²) in [5.41, 5.74) is 0. The van der Waals surface area contributed by atoms with Crippen LogP contribution in [-0.4, -0.2) is 35.7 Å². The van der Waals surface area contributed by atoms with Crippen LogP contribution in [0.25, 0.3) is 0 Å². The monoisotopic (exact) mass is 394 g/mol. The number of hydrogen-bond donors (Lipinski definition) is 0. The van der Waals surface area contributed by atoms with Crippen LogP contribution in [0.1, 0.15) is 0 Å². The summed E-state index contributed by atoms with van der Waals surface area (Å²) in [4.78, 5) is 0. The quantitative estimate of drug-likeness (QED) is 0.457. The molecule has 0 aliphatic heterocycles. The fourth-order valence-corrected chi connectivity index (χ4v) is 5.62. The van der Waals surface area contributed by atoms with Crippen LogP contribution in [0, 0.1) is 0 Å². The summed E-state index contributed by atoms with van der Waals surface area (Å²) < 4.78 is 11.8. The molecule has 0 saturated heterocycles. The van der Waals surface area contributed by atoms with E-state index in [-0.39, 0.29) is 35.7 Å². The first-order valence-corrected chi connectivity index (χ1v) is 10.6. The van der Waals surface area contributed by atoms with Gasteiger partial charge in [0.15, 0.2) is 0 Å². The van der Waals surface area contributed by atoms with Gasteiger partial charge in [-0.05, 0) is 23.9 Å². The van der Waals surface area contributed by atoms with Gasteiger partial charge in [-0.1, -0.05) is 18.2 Å². The summed E-state index contributed by atoms with van der Waals surface area (Å²) in [5.74, 6) is 0.962. The summed E-state index contributed by atoms with van der Waals surface area (Å²) in [7, 11) is 0. The van der Waals surface area contributed by atoms with Gasteiger partial charge in [-0.3, -0.25) is 0 Å². The van der Waals surface area contributed by atoms with Crippen molar-refractivity contribution in [2.45, 2.75) is 12.2 Å². The van der Waals surface area contributed by atoms with Crippen molar-refractivity contribution in [3.8, 4) is 0 Å². The minimum Gasteiger partial charge on any atom is -0.320 e. The van der Waals surface area contributed by atoms with Crippen LogP contribution in [0.5, 0.6) is 0 Å². The summed E-state index contributed by atoms with van der Waals surface area (Å²) in [6.45, 7) is -2.75. The normalized spacial score (nSPS) is 12.3. The molecule has 114 valence electrons. The molecule has 0 saturated carbocycles. The van der Waals surface area contributed by atoms with Gasteiger partial charge in [0.05, 0.1) is 35.7 Å². The van der Waals surface area contributed by atoms with Gasteiger partial charge in [0.25, 0.3) is 0 Å². The number of benzene rings is 1. The fourth-order valence-electron chi connectivity index (χ4n) is 1.34. The molecule has 8 heteroatoms. The van der Waals surface area contributed by atoms with Gasteiger partial charge < -0.3 is 9.05 Å². The zero-order valence-electron chi connectivity index (χ0n) is 10.6. The molecule has 0 radical (unpaired) electrons. The highest BCUT2D eigenvalue weighted by Crippen LogP contribution is 2.50. The predicted molar refractivity (Wildman–Crippen MR) is 93.0 cm³/mol. The number of halogens is 4. The van der Waals surface area contributed by atoms with E-state index >= 15 is 0 Å². The Bertz CT molecular complexity index is 409. The first-order valence-electron chi connectivity index (χ1n) is 5.86. The van der Waals surface area contributed by atoms with E-state index in [9.17, 15) is 0 Å². The van der Waals surface area contributed by atoms with E-state index in [1.807, 2.05) is 30.3 Å². The Hall–Kier alpha value is 0.950. The van der Waals surface area contributed by atoms with Gasteiger partial charge in [0.2, 0.25) is 6.49 Å². The van der Waals surface area contributed by atoms with Crippen molar-refractivity contribution in [2.75, 3.05) is 23.5 Å². The van der Waals surface area contributed by atoms with Crippen LogP contribution in [0.4, 0.5) is 0 Å². The molecule has 0 bridgehead atoms. The van der Waals surface area contributed by atoms with Crippen molar-refractivity contribution >= 4 is 70.0 Å². The van der Waals surface area contributed by atoms with Gasteiger partial charge in [-0.15, -0.1) is 46.4 Å². The van der Waals surface area contributed by atoms with E-state index < -0.39 is 6.49 Å². The molecule has 0 atom stereocenters. The number of rotatable bonds is 9. The molecular formula is C12H15Cl4O2PS. The van der Waals surface area contributed by atoms with E-state index in [0.29, 0.717) is 0 Å². The van der Waals surface area contributed by atoms with Crippen molar-refractivity contribution < 1.29 is 9.05 Å². The SMILES string of the molecule is S=P(OC(CCl)CCl)(OC(CCl)CCl)c1ccccc1. The van der Waals surface area contributed by atoms with Crippen LogP contribution >= 0.6 is 52.9 Å². The first kappa shape index (κ1) is 19.0. The Morgan fingerprint density at radius 2 is 1.25 bits per heavy atom. The highest BCUT2D eigenvalue weighted by Gasteiger charge is 2.29. The van der Waals surface area contributed by atoms with Crippen LogP contribution in [0.2, 0.25) is 0 Å². The van der Waals surface area contributed by atoms with E-state index in [0.717, 1.165) is 5.30 Å². The van der Waals surface area contributed by atoms with Gasteiger partial charge in [0, 0.05) is 5.30 Å². The van der Waals surface area contributed by atoms with E-state index in [1.54, 1.807) is 0 Å². The van der Waals surface area contributed by atoms with Gasteiger partial charge in [-0.25, -0.2) is 0 Å². The summed E-state index contributed by atoms with van der Waals surface area (Å²) >= 11 is 28.9. The molecule has 1 aromatic rings. The second-order valence-corrected chi connectivity index (χ2v) is 8.51. The van der Waals surface area contributed by atoms with Gasteiger partial charge in [-0.2, -0.15) is 0 Å². The van der Waals surface area contributed by atoms with Crippen molar-refractivity contribution in [1.82, 2.24) is 0 Å². The van der Waals surface area contributed by atoms with Crippen LogP contribution < -0.4 is 5.30 Å². The van der Waals surface area contributed by atoms with E-state index in [4.69, 9.17) is 67.3 Å². The zero-order chi connectivity index (χ0) is 15.0. The number of hydrogen-bond acceptors (Lipinski definition) is 3. The van der Waals surface area contributed by atoms with Crippen LogP contribution in [-0.2, 0) is 20.9 Å². The molecule has 0 aromatic heterocycles. The van der Waals surface area contributed by atoms with Crippen LogP contribution in [0.3, 0.4) is 0 Å². The minimum absolute atomic E-state index is 0.241. The molecule has 0 aliphatic carbocycles. The summed E-state index contributed by atoms with van der Waals surface area (Å²) in [6, 6.07) is 9.36. The highest BCUT2D eigenvalue weighted by molar-refractivity contribution is 8.13. The smallest absolute Gasteiger partial charge is 0.220 e. The Kier molecular flexibility index (Phi) is 9.37. The van der Waals surface area contributed by atoms with Gasteiger partial charge >= 0.3 is 0 Å². The lowest BCUT2D eigenvalue weighted by atomic mass is 10.4. The maximum absolute atomic E-state index is 5.88. The molecule has 0 unspecified atom stereocenters. The zero-order valence-corrected chi connectivity index (χ0v) is 15.3. The molecule has 2 nitrogen and oxygen atoms in total. The molecule has 0 aliphatic rings. The topological polar surface area (TPSA) is 18.5 Å². The van der Waals surface area contributed by atoms with Crippen molar-refractivity contribution in [2.24, 2.45) is 0 Å². The molecular weight excluding hydrogens is 381 g/mol. The van der Waals surface area contributed by atoms with E-state index in [1.165, 1.54) is 0 Å². The molecule has 1 aromatic carbocycles. The third-order valence-corrected chi connectivity index (χ3v) is 6.94. The molecule has 0 heterocycles. The lowest BCUT2D eigenvalue weighted by molar-refractivity contribution is 0.187. The maximum atomic E-state index is 5.88. The van der Waals surface area contributed by atoms with Gasteiger partial charge in [0.1, 0.15) is 0 Å². The van der Waals surface area contributed by atoms with Crippen LogP contribution in [0.15, 0.2) is 30.3 Å². The van der Waals surface area contributed by atoms with Crippen molar-refractivity contribution in [1.29, 1.82) is 0 Å². The molecule has 0 amide bonds. The minimum atomic E-state index is -2.75. The third kappa shape index (κ3) is 5.62. The second kappa shape index (κ2) is 9.86. The molecule has 1 rings (SSSR count). The Balaban J connectivity index is 3.02. The summed E-state index contributed by atoms with van der Waals surface area (Å²) in [5, 5.41) is 0.787. The lowest BCUT2D eigenvalue weighted by Gasteiger charge is -2.29. The highest BCUT2D eigenvalue weighted by atomic mass is 35.5. The average molecular weight is 396 g/mol. The Labute approximate surface area is 144 Å². The Morgan fingerprint density at radius 3 is 1.60 bits per heavy atom. The summed E-state index contributed by atoms with van der Waals surface area (Å²) in [6.07, 6.45) is -0.758. The lowest BCUT2D eigenvalue weighted by Crippen LogP contribution is -2.25.